The van der Waals surface area contributed by atoms with Crippen LogP contribution in [0.5, 0.6) is 0 Å². The number of likely N-dealkylation sites (tertiary alicyclic amines) is 1. The van der Waals surface area contributed by atoms with Gasteiger partial charge in [-0.2, -0.15) is 0 Å². The number of rotatable bonds is 10. The lowest BCUT2D eigenvalue weighted by molar-refractivity contribution is -0.136. The Hall–Kier alpha value is -0.120. The van der Waals surface area contributed by atoms with Gasteiger partial charge in [0, 0.05) is 32.7 Å². The molecule has 0 amide bonds. The van der Waals surface area contributed by atoms with Gasteiger partial charge in [0.05, 0.1) is 12.2 Å². The van der Waals surface area contributed by atoms with Gasteiger partial charge < -0.3 is 9.64 Å². The molecule has 0 aromatic rings. The molecule has 25 heavy (non-hydrogen) atoms. The van der Waals surface area contributed by atoms with Gasteiger partial charge in [-0.25, -0.2) is 0 Å². The standard InChI is InChI=1S/C22H44N2O/c1-5-9-20(4)18-23-14-11-22(12-15-23)19-24(16-17-25-22)13-8-10-21(6-2)7-3/h20-21H,5-19H2,1-4H3. The van der Waals surface area contributed by atoms with Crippen molar-refractivity contribution < 1.29 is 4.74 Å². The fourth-order valence-electron chi connectivity index (χ4n) is 4.89. The average molecular weight is 353 g/mol. The van der Waals surface area contributed by atoms with Crippen molar-refractivity contribution in [2.45, 2.75) is 84.7 Å². The van der Waals surface area contributed by atoms with Crippen molar-refractivity contribution in [2.24, 2.45) is 11.8 Å². The largest absolute Gasteiger partial charge is 0.372 e. The first kappa shape index (κ1) is 21.2. The van der Waals surface area contributed by atoms with Gasteiger partial charge in [-0.05, 0) is 50.5 Å². The lowest BCUT2D eigenvalue weighted by Crippen LogP contribution is -2.57. The second-order valence-electron chi connectivity index (χ2n) is 8.83. The van der Waals surface area contributed by atoms with Crippen LogP contribution < -0.4 is 0 Å². The maximum atomic E-state index is 6.34. The molecule has 2 heterocycles. The van der Waals surface area contributed by atoms with Crippen LogP contribution in [0.2, 0.25) is 0 Å². The van der Waals surface area contributed by atoms with Crippen molar-refractivity contribution in [3.05, 3.63) is 0 Å². The maximum Gasteiger partial charge on any atom is 0.0833 e. The van der Waals surface area contributed by atoms with Crippen LogP contribution in [0, 0.1) is 11.8 Å². The number of piperidine rings is 1. The molecule has 1 unspecified atom stereocenters. The molecule has 1 atom stereocenters. The SMILES string of the molecule is CCCC(C)CN1CCC2(CC1)CN(CCCC(CC)CC)CCO2. The summed E-state index contributed by atoms with van der Waals surface area (Å²) in [5.74, 6) is 1.77. The quantitative estimate of drug-likeness (QED) is 0.561. The lowest BCUT2D eigenvalue weighted by atomic mass is 9.88. The van der Waals surface area contributed by atoms with E-state index >= 15 is 0 Å². The molecule has 2 aliphatic rings. The normalized spacial score (nSPS) is 23.4. The molecule has 3 heteroatoms. The first-order valence-corrected chi connectivity index (χ1v) is 11.2. The van der Waals surface area contributed by atoms with E-state index in [2.05, 4.69) is 37.5 Å². The molecule has 2 rings (SSSR count). The summed E-state index contributed by atoms with van der Waals surface area (Å²) >= 11 is 0. The third-order valence-corrected chi connectivity index (χ3v) is 6.69. The first-order chi connectivity index (χ1) is 12.1. The number of nitrogens with zero attached hydrogens (tertiary/aromatic N) is 2. The summed E-state index contributed by atoms with van der Waals surface area (Å²) in [6.45, 7) is 17.7. The van der Waals surface area contributed by atoms with Crippen LogP contribution in [-0.2, 0) is 4.74 Å². The van der Waals surface area contributed by atoms with Crippen molar-refractivity contribution >= 4 is 0 Å². The van der Waals surface area contributed by atoms with Crippen molar-refractivity contribution in [3.63, 3.8) is 0 Å². The van der Waals surface area contributed by atoms with Crippen molar-refractivity contribution in [2.75, 3.05) is 45.9 Å². The Balaban J connectivity index is 1.71. The van der Waals surface area contributed by atoms with E-state index in [1.807, 2.05) is 0 Å². The van der Waals surface area contributed by atoms with Gasteiger partial charge in [-0.1, -0.05) is 47.0 Å². The van der Waals surface area contributed by atoms with Crippen LogP contribution in [0.3, 0.4) is 0 Å². The van der Waals surface area contributed by atoms with Crippen LogP contribution in [0.25, 0.3) is 0 Å². The summed E-state index contributed by atoms with van der Waals surface area (Å²) in [7, 11) is 0. The fourth-order valence-corrected chi connectivity index (χ4v) is 4.89. The molecule has 0 aliphatic carbocycles. The smallest absolute Gasteiger partial charge is 0.0833 e. The molecule has 2 saturated heterocycles. The molecule has 2 aliphatic heterocycles. The maximum absolute atomic E-state index is 6.34. The van der Waals surface area contributed by atoms with E-state index in [1.54, 1.807) is 0 Å². The van der Waals surface area contributed by atoms with Crippen LogP contribution in [0.15, 0.2) is 0 Å². The molecule has 2 fully saturated rings. The molecule has 0 radical (unpaired) electrons. The minimum Gasteiger partial charge on any atom is -0.372 e. The van der Waals surface area contributed by atoms with Crippen molar-refractivity contribution in [1.82, 2.24) is 9.80 Å². The summed E-state index contributed by atoms with van der Waals surface area (Å²) in [4.78, 5) is 5.38. The lowest BCUT2D eigenvalue weighted by Gasteiger charge is -2.47. The van der Waals surface area contributed by atoms with Gasteiger partial charge in [0.15, 0.2) is 0 Å². The summed E-state index contributed by atoms with van der Waals surface area (Å²) in [5, 5.41) is 0. The number of hydrogen-bond donors (Lipinski definition) is 0. The zero-order valence-corrected chi connectivity index (χ0v) is 17.6. The predicted octanol–water partition coefficient (Wildman–Crippen LogP) is 4.81. The molecule has 0 bridgehead atoms. The summed E-state index contributed by atoms with van der Waals surface area (Å²) in [6, 6.07) is 0. The van der Waals surface area contributed by atoms with Crippen molar-refractivity contribution in [1.29, 1.82) is 0 Å². The second-order valence-corrected chi connectivity index (χ2v) is 8.83. The van der Waals surface area contributed by atoms with E-state index in [0.29, 0.717) is 0 Å². The highest BCUT2D eigenvalue weighted by atomic mass is 16.5. The molecule has 0 aromatic heterocycles. The topological polar surface area (TPSA) is 15.7 Å². The molecular weight excluding hydrogens is 308 g/mol. The number of morpholine rings is 1. The highest BCUT2D eigenvalue weighted by molar-refractivity contribution is 4.93. The van der Waals surface area contributed by atoms with E-state index in [1.165, 1.54) is 84.1 Å². The average Bonchev–Trinajstić information content (AvgIpc) is 2.61. The minimum absolute atomic E-state index is 0.164. The zero-order chi connectivity index (χ0) is 18.1. The molecule has 0 aromatic carbocycles. The summed E-state index contributed by atoms with van der Waals surface area (Å²) < 4.78 is 6.34. The summed E-state index contributed by atoms with van der Waals surface area (Å²) in [5.41, 5.74) is 0.164. The fraction of sp³-hybridized carbons (Fsp3) is 1.00. The van der Waals surface area contributed by atoms with E-state index in [4.69, 9.17) is 4.74 Å². The predicted molar refractivity (Wildman–Crippen MR) is 108 cm³/mol. The first-order valence-electron chi connectivity index (χ1n) is 11.2. The van der Waals surface area contributed by atoms with Gasteiger partial charge in [-0.15, -0.1) is 0 Å². The van der Waals surface area contributed by atoms with Gasteiger partial charge >= 0.3 is 0 Å². The van der Waals surface area contributed by atoms with E-state index in [0.717, 1.165) is 25.0 Å². The van der Waals surface area contributed by atoms with Gasteiger partial charge in [-0.3, -0.25) is 4.90 Å². The monoisotopic (exact) mass is 352 g/mol. The molecular formula is C22H44N2O. The van der Waals surface area contributed by atoms with E-state index < -0.39 is 0 Å². The molecule has 0 saturated carbocycles. The Kier molecular flexibility index (Phi) is 9.23. The Labute approximate surface area is 157 Å². The Morgan fingerprint density at radius 1 is 0.960 bits per heavy atom. The Morgan fingerprint density at radius 3 is 2.32 bits per heavy atom. The van der Waals surface area contributed by atoms with Gasteiger partial charge in [0.25, 0.3) is 0 Å². The van der Waals surface area contributed by atoms with Gasteiger partial charge in [0.1, 0.15) is 0 Å². The van der Waals surface area contributed by atoms with Crippen LogP contribution in [0.4, 0.5) is 0 Å². The molecule has 3 nitrogen and oxygen atoms in total. The highest BCUT2D eigenvalue weighted by Crippen LogP contribution is 2.31. The molecule has 1 spiro atoms. The third-order valence-electron chi connectivity index (χ3n) is 6.69. The van der Waals surface area contributed by atoms with E-state index in [-0.39, 0.29) is 5.60 Å². The van der Waals surface area contributed by atoms with Crippen LogP contribution >= 0.6 is 0 Å². The zero-order valence-electron chi connectivity index (χ0n) is 17.6. The molecule has 148 valence electrons. The van der Waals surface area contributed by atoms with Crippen LogP contribution in [-0.4, -0.2) is 61.3 Å². The number of hydrogen-bond acceptors (Lipinski definition) is 3. The molecule has 0 N–H and O–H groups in total. The highest BCUT2D eigenvalue weighted by Gasteiger charge is 2.39. The number of ether oxygens (including phenoxy) is 1. The third kappa shape index (κ3) is 6.84. The van der Waals surface area contributed by atoms with Crippen molar-refractivity contribution in [3.8, 4) is 0 Å². The summed E-state index contributed by atoms with van der Waals surface area (Å²) in [6.07, 6.45) is 10.6. The minimum atomic E-state index is 0.164. The van der Waals surface area contributed by atoms with E-state index in [9.17, 15) is 0 Å². The second kappa shape index (κ2) is 10.9. The van der Waals surface area contributed by atoms with Crippen LogP contribution in [0.1, 0.15) is 79.1 Å². The Bertz CT molecular complexity index is 348. The van der Waals surface area contributed by atoms with Gasteiger partial charge in [0.2, 0.25) is 0 Å². The Morgan fingerprint density at radius 2 is 1.68 bits per heavy atom.